The number of H-pyrrole nitrogens is 1. The summed E-state index contributed by atoms with van der Waals surface area (Å²) in [5.74, 6) is 1.08. The van der Waals surface area contributed by atoms with Crippen LogP contribution in [0.3, 0.4) is 0 Å². The maximum absolute atomic E-state index is 12.3. The van der Waals surface area contributed by atoms with Gasteiger partial charge in [0.25, 0.3) is 11.4 Å². The molecule has 1 fully saturated rings. The second kappa shape index (κ2) is 7.86. The number of halogens is 2. The molecule has 0 spiro atoms. The largest absolute Gasteiger partial charge is 0.334 e. The van der Waals surface area contributed by atoms with E-state index in [0.717, 1.165) is 37.2 Å². The molecule has 8 nitrogen and oxygen atoms in total. The van der Waals surface area contributed by atoms with Crippen LogP contribution in [0.2, 0.25) is 10.0 Å². The van der Waals surface area contributed by atoms with E-state index >= 15 is 0 Å². The van der Waals surface area contributed by atoms with Gasteiger partial charge in [-0.3, -0.25) is 4.79 Å². The zero-order valence-electron chi connectivity index (χ0n) is 15.9. The van der Waals surface area contributed by atoms with Gasteiger partial charge >= 0.3 is 0 Å². The molecule has 4 heterocycles. The third-order valence-electron chi connectivity index (χ3n) is 5.34. The molecule has 0 saturated carbocycles. The average molecular weight is 445 g/mol. The third kappa shape index (κ3) is 3.62. The minimum Gasteiger partial charge on any atom is -0.334 e. The summed E-state index contributed by atoms with van der Waals surface area (Å²) in [5, 5.41) is 12.9. The van der Waals surface area contributed by atoms with Gasteiger partial charge in [-0.15, -0.1) is 0 Å². The van der Waals surface area contributed by atoms with Crippen LogP contribution in [-0.2, 0) is 6.42 Å². The first kappa shape index (κ1) is 19.3. The molecular formula is C20H18Cl2N6O2. The molecule has 4 aromatic rings. The molecular weight excluding hydrogens is 427 g/mol. The first-order valence-electron chi connectivity index (χ1n) is 9.67. The van der Waals surface area contributed by atoms with Crippen molar-refractivity contribution in [1.29, 1.82) is 0 Å². The Morgan fingerprint density at radius 3 is 2.80 bits per heavy atom. The Hall–Kier alpha value is -2.68. The summed E-state index contributed by atoms with van der Waals surface area (Å²) in [6.07, 6.45) is 4.01. The average Bonchev–Trinajstić information content (AvgIpc) is 3.37. The monoisotopic (exact) mass is 444 g/mol. The van der Waals surface area contributed by atoms with E-state index in [1.807, 2.05) is 6.07 Å². The van der Waals surface area contributed by atoms with Crippen LogP contribution in [0.25, 0.3) is 17.1 Å². The summed E-state index contributed by atoms with van der Waals surface area (Å²) in [6.45, 7) is 1.85. The van der Waals surface area contributed by atoms with Crippen LogP contribution in [-0.4, -0.2) is 37.8 Å². The molecule has 10 heteroatoms. The summed E-state index contributed by atoms with van der Waals surface area (Å²) in [6, 6.07) is 7.00. The molecule has 1 aliphatic rings. The third-order valence-corrected chi connectivity index (χ3v) is 6.08. The fraction of sp³-hybridized carbons (Fsp3) is 0.300. The lowest BCUT2D eigenvalue weighted by atomic mass is 9.94. The van der Waals surface area contributed by atoms with Gasteiger partial charge < -0.3 is 14.8 Å². The predicted molar refractivity (Wildman–Crippen MR) is 113 cm³/mol. The molecule has 30 heavy (non-hydrogen) atoms. The van der Waals surface area contributed by atoms with Crippen LogP contribution >= 0.6 is 23.2 Å². The van der Waals surface area contributed by atoms with Crippen molar-refractivity contribution in [2.45, 2.75) is 25.2 Å². The molecule has 2 N–H and O–H groups in total. The molecule has 1 aromatic carbocycles. The molecule has 1 saturated heterocycles. The molecule has 0 unspecified atom stereocenters. The molecule has 0 atom stereocenters. The maximum atomic E-state index is 12.3. The van der Waals surface area contributed by atoms with Crippen molar-refractivity contribution in [2.75, 3.05) is 13.1 Å². The van der Waals surface area contributed by atoms with E-state index < -0.39 is 0 Å². The van der Waals surface area contributed by atoms with E-state index in [0.29, 0.717) is 39.4 Å². The summed E-state index contributed by atoms with van der Waals surface area (Å²) in [5.41, 5.74) is 2.79. The maximum Gasteiger partial charge on any atom is 0.263 e. The van der Waals surface area contributed by atoms with Crippen LogP contribution in [0, 0.1) is 0 Å². The molecule has 5 rings (SSSR count). The van der Waals surface area contributed by atoms with Gasteiger partial charge in [-0.2, -0.15) is 10.1 Å². The minimum atomic E-state index is -0.173. The number of nitrogens with one attached hydrogen (secondary N) is 2. The van der Waals surface area contributed by atoms with Gasteiger partial charge in [0.05, 0.1) is 21.9 Å². The van der Waals surface area contributed by atoms with Crippen molar-refractivity contribution in [3.8, 4) is 11.5 Å². The Bertz CT molecular complexity index is 1270. The summed E-state index contributed by atoms with van der Waals surface area (Å²) < 4.78 is 7.24. The molecule has 0 bridgehead atoms. The summed E-state index contributed by atoms with van der Waals surface area (Å²) in [7, 11) is 0. The lowest BCUT2D eigenvalue weighted by Gasteiger charge is -2.23. The van der Waals surface area contributed by atoms with Gasteiger partial charge in [0, 0.05) is 18.4 Å². The van der Waals surface area contributed by atoms with E-state index in [1.165, 1.54) is 0 Å². The zero-order valence-corrected chi connectivity index (χ0v) is 17.4. The van der Waals surface area contributed by atoms with Crippen LogP contribution in [0.4, 0.5) is 0 Å². The van der Waals surface area contributed by atoms with Crippen molar-refractivity contribution in [3.05, 3.63) is 67.9 Å². The molecule has 3 aromatic heterocycles. The first-order chi connectivity index (χ1) is 14.6. The zero-order chi connectivity index (χ0) is 20.7. The van der Waals surface area contributed by atoms with Crippen molar-refractivity contribution < 1.29 is 4.52 Å². The number of aromatic nitrogens is 5. The highest BCUT2D eigenvalue weighted by Crippen LogP contribution is 2.28. The Morgan fingerprint density at radius 2 is 2.00 bits per heavy atom. The number of hydrogen-bond acceptors (Lipinski definition) is 6. The number of aromatic amines is 1. The molecule has 154 valence electrons. The van der Waals surface area contributed by atoms with E-state index in [2.05, 4.69) is 25.5 Å². The number of piperidine rings is 1. The quantitative estimate of drug-likeness (QED) is 0.499. The second-order valence-corrected chi connectivity index (χ2v) is 8.16. The normalized spacial score (nSPS) is 15.1. The van der Waals surface area contributed by atoms with Gasteiger partial charge in [0.15, 0.2) is 5.82 Å². The van der Waals surface area contributed by atoms with Crippen LogP contribution < -0.4 is 10.9 Å². The number of fused-ring (bicyclic) bond motifs is 1. The van der Waals surface area contributed by atoms with Crippen molar-refractivity contribution in [3.63, 3.8) is 0 Å². The SMILES string of the molecule is O=c1cc(C2CCNCC2)n2ncc(-c3nc(Cc4ccc(Cl)c(Cl)c4)no3)c2[nH]1. The lowest BCUT2D eigenvalue weighted by molar-refractivity contribution is 0.424. The van der Waals surface area contributed by atoms with Crippen molar-refractivity contribution >= 4 is 28.8 Å². The molecule has 0 aliphatic carbocycles. The summed E-state index contributed by atoms with van der Waals surface area (Å²) in [4.78, 5) is 19.7. The van der Waals surface area contributed by atoms with E-state index in [-0.39, 0.29) is 11.5 Å². The first-order valence-corrected chi connectivity index (χ1v) is 10.4. The molecule has 0 amide bonds. The highest BCUT2D eigenvalue weighted by Gasteiger charge is 2.22. The predicted octanol–water partition coefficient (Wildman–Crippen LogP) is 3.44. The van der Waals surface area contributed by atoms with E-state index in [9.17, 15) is 4.79 Å². The smallest absolute Gasteiger partial charge is 0.263 e. The molecule has 1 aliphatic heterocycles. The molecule has 0 radical (unpaired) electrons. The Kier molecular flexibility index (Phi) is 5.06. The summed E-state index contributed by atoms with van der Waals surface area (Å²) >= 11 is 12.0. The van der Waals surface area contributed by atoms with Gasteiger partial charge in [0.2, 0.25) is 0 Å². The van der Waals surface area contributed by atoms with Crippen LogP contribution in [0.1, 0.15) is 35.8 Å². The van der Waals surface area contributed by atoms with Crippen molar-refractivity contribution in [1.82, 2.24) is 30.1 Å². The number of benzene rings is 1. The lowest BCUT2D eigenvalue weighted by Crippen LogP contribution is -2.28. The minimum absolute atomic E-state index is 0.173. The van der Waals surface area contributed by atoms with Gasteiger partial charge in [0.1, 0.15) is 11.2 Å². The second-order valence-electron chi connectivity index (χ2n) is 7.34. The van der Waals surface area contributed by atoms with E-state index in [4.69, 9.17) is 27.7 Å². The standard InChI is InChI=1S/C20H18Cl2N6O2/c21-14-2-1-11(7-15(14)22)8-17-25-20(30-27-17)13-10-24-28-16(9-18(29)26-19(13)28)12-3-5-23-6-4-12/h1-2,7,9-10,12,23H,3-6,8H2,(H,26,29). The highest BCUT2D eigenvalue weighted by atomic mass is 35.5. The number of rotatable bonds is 4. The Balaban J connectivity index is 1.49. The van der Waals surface area contributed by atoms with Crippen LogP contribution in [0.5, 0.6) is 0 Å². The van der Waals surface area contributed by atoms with Gasteiger partial charge in [-0.25, -0.2) is 4.52 Å². The fourth-order valence-electron chi connectivity index (χ4n) is 3.85. The van der Waals surface area contributed by atoms with Gasteiger partial charge in [-0.1, -0.05) is 34.4 Å². The topological polar surface area (TPSA) is 101 Å². The van der Waals surface area contributed by atoms with Gasteiger partial charge in [-0.05, 0) is 43.6 Å². The van der Waals surface area contributed by atoms with Crippen LogP contribution in [0.15, 0.2) is 39.8 Å². The highest BCUT2D eigenvalue weighted by molar-refractivity contribution is 6.42. The number of hydrogen-bond donors (Lipinski definition) is 2. The van der Waals surface area contributed by atoms with E-state index in [1.54, 1.807) is 28.9 Å². The number of nitrogens with zero attached hydrogens (tertiary/aromatic N) is 4. The fourth-order valence-corrected chi connectivity index (χ4v) is 4.17. The Morgan fingerprint density at radius 1 is 1.17 bits per heavy atom. The van der Waals surface area contributed by atoms with Crippen molar-refractivity contribution in [2.24, 2.45) is 0 Å². The Labute approximate surface area is 181 Å².